The normalized spacial score (nSPS) is 17.2. The molecule has 2 aromatic rings. The van der Waals surface area contributed by atoms with Crippen molar-refractivity contribution in [1.29, 1.82) is 5.26 Å². The summed E-state index contributed by atoms with van der Waals surface area (Å²) in [5.41, 5.74) is 2.31. The van der Waals surface area contributed by atoms with Crippen molar-refractivity contribution in [3.8, 4) is 11.8 Å². The number of hydrogen-bond acceptors (Lipinski definition) is 5. The number of amides is 1. The van der Waals surface area contributed by atoms with Gasteiger partial charge in [0.1, 0.15) is 11.3 Å². The van der Waals surface area contributed by atoms with Gasteiger partial charge in [0, 0.05) is 12.8 Å². The van der Waals surface area contributed by atoms with Crippen LogP contribution in [0.2, 0.25) is 0 Å². The Hall–Kier alpha value is -3.33. The summed E-state index contributed by atoms with van der Waals surface area (Å²) in [5.74, 6) is -0.367. The molecule has 0 heterocycles. The summed E-state index contributed by atoms with van der Waals surface area (Å²) in [6.07, 6.45) is 0.483. The van der Waals surface area contributed by atoms with Gasteiger partial charge in [-0.05, 0) is 62.6 Å². The van der Waals surface area contributed by atoms with Gasteiger partial charge in [-0.3, -0.25) is 4.79 Å². The van der Waals surface area contributed by atoms with E-state index < -0.39 is 17.4 Å². The average Bonchev–Trinajstić information content (AvgIpc) is 3.07. The first-order valence-corrected chi connectivity index (χ1v) is 10.1. The largest absolute Gasteiger partial charge is 0.490 e. The van der Waals surface area contributed by atoms with E-state index in [1.165, 1.54) is 0 Å². The van der Waals surface area contributed by atoms with E-state index in [-0.39, 0.29) is 19.1 Å². The highest BCUT2D eigenvalue weighted by molar-refractivity contribution is 6.01. The molecule has 1 unspecified atom stereocenters. The first-order valence-electron chi connectivity index (χ1n) is 10.1. The Kier molecular flexibility index (Phi) is 6.12. The average molecular weight is 406 g/mol. The number of para-hydroxylation sites is 1. The standard InChI is InChI=1S/C24H26N2O4/c1-5-29-23(28)24(12-18-10-9-17(14-25)11-19(18)13-24)26-22(27)20-8-6-7-16(4)21(20)30-15(2)3/h6-11,15H,5,12-13H2,1-4H3,(H,26,27). The maximum absolute atomic E-state index is 13.3. The number of ether oxygens (including phenoxy) is 2. The molecule has 6 heteroatoms. The molecule has 1 N–H and O–H groups in total. The van der Waals surface area contributed by atoms with Crippen LogP contribution in [0.1, 0.15) is 53.4 Å². The minimum absolute atomic E-state index is 0.100. The van der Waals surface area contributed by atoms with Crippen molar-refractivity contribution < 1.29 is 19.1 Å². The quantitative estimate of drug-likeness (QED) is 0.742. The Balaban J connectivity index is 1.97. The number of nitriles is 1. The molecule has 1 atom stereocenters. The van der Waals surface area contributed by atoms with E-state index in [9.17, 15) is 14.9 Å². The number of carbonyl (C=O) groups is 2. The molecule has 0 spiro atoms. The SMILES string of the molecule is CCOC(=O)C1(NC(=O)c2cccc(C)c2OC(C)C)Cc2ccc(C#N)cc2C1. The molecule has 1 aliphatic carbocycles. The van der Waals surface area contributed by atoms with E-state index in [1.807, 2.05) is 32.9 Å². The van der Waals surface area contributed by atoms with E-state index in [0.29, 0.717) is 23.3 Å². The molecule has 0 saturated heterocycles. The fourth-order valence-electron chi connectivity index (χ4n) is 3.81. The monoisotopic (exact) mass is 406 g/mol. The molecular weight excluding hydrogens is 380 g/mol. The van der Waals surface area contributed by atoms with Gasteiger partial charge in [0.2, 0.25) is 0 Å². The molecule has 0 fully saturated rings. The van der Waals surface area contributed by atoms with E-state index in [2.05, 4.69) is 11.4 Å². The van der Waals surface area contributed by atoms with Crippen LogP contribution in [0.15, 0.2) is 36.4 Å². The molecule has 0 aromatic heterocycles. The Labute approximate surface area is 176 Å². The van der Waals surface area contributed by atoms with Crippen molar-refractivity contribution in [2.24, 2.45) is 0 Å². The Morgan fingerprint density at radius 2 is 1.93 bits per heavy atom. The molecule has 1 aliphatic rings. The van der Waals surface area contributed by atoms with Crippen LogP contribution in [0.25, 0.3) is 0 Å². The van der Waals surface area contributed by atoms with Gasteiger partial charge in [0.15, 0.2) is 0 Å². The molecule has 0 aliphatic heterocycles. The zero-order valence-electron chi connectivity index (χ0n) is 17.7. The smallest absolute Gasteiger partial charge is 0.332 e. The predicted molar refractivity (Wildman–Crippen MR) is 112 cm³/mol. The lowest BCUT2D eigenvalue weighted by molar-refractivity contribution is -0.150. The molecule has 0 radical (unpaired) electrons. The second kappa shape index (κ2) is 8.58. The minimum Gasteiger partial charge on any atom is -0.490 e. The molecule has 3 rings (SSSR count). The lowest BCUT2D eigenvalue weighted by Gasteiger charge is -2.28. The summed E-state index contributed by atoms with van der Waals surface area (Å²) >= 11 is 0. The summed E-state index contributed by atoms with van der Waals surface area (Å²) in [4.78, 5) is 26.2. The number of fused-ring (bicyclic) bond motifs is 1. The van der Waals surface area contributed by atoms with Gasteiger partial charge < -0.3 is 14.8 Å². The fraction of sp³-hybridized carbons (Fsp3) is 0.375. The number of rotatable bonds is 6. The zero-order chi connectivity index (χ0) is 21.9. The first kappa shape index (κ1) is 21.4. The maximum atomic E-state index is 13.3. The number of nitrogens with zero attached hydrogens (tertiary/aromatic N) is 1. The third kappa shape index (κ3) is 4.16. The lowest BCUT2D eigenvalue weighted by Crippen LogP contribution is -2.56. The third-order valence-electron chi connectivity index (χ3n) is 5.15. The van der Waals surface area contributed by atoms with E-state index in [1.54, 1.807) is 31.2 Å². The van der Waals surface area contributed by atoms with Gasteiger partial charge in [-0.1, -0.05) is 18.2 Å². The van der Waals surface area contributed by atoms with Crippen molar-refractivity contribution in [3.05, 3.63) is 64.2 Å². The summed E-state index contributed by atoms with van der Waals surface area (Å²) < 4.78 is 11.2. The summed E-state index contributed by atoms with van der Waals surface area (Å²) in [7, 11) is 0. The maximum Gasteiger partial charge on any atom is 0.332 e. The summed E-state index contributed by atoms with van der Waals surface area (Å²) in [6, 6.07) is 12.8. The second-order valence-electron chi connectivity index (χ2n) is 7.82. The van der Waals surface area contributed by atoms with Crippen molar-refractivity contribution in [3.63, 3.8) is 0 Å². The van der Waals surface area contributed by atoms with Crippen LogP contribution in [0, 0.1) is 18.3 Å². The third-order valence-corrected chi connectivity index (χ3v) is 5.15. The highest BCUT2D eigenvalue weighted by Crippen LogP contribution is 2.33. The van der Waals surface area contributed by atoms with Gasteiger partial charge in [0.25, 0.3) is 5.91 Å². The van der Waals surface area contributed by atoms with Gasteiger partial charge >= 0.3 is 5.97 Å². The topological polar surface area (TPSA) is 88.4 Å². The summed E-state index contributed by atoms with van der Waals surface area (Å²) in [6.45, 7) is 7.62. The van der Waals surface area contributed by atoms with E-state index >= 15 is 0 Å². The fourth-order valence-corrected chi connectivity index (χ4v) is 3.81. The number of benzene rings is 2. The highest BCUT2D eigenvalue weighted by atomic mass is 16.5. The van der Waals surface area contributed by atoms with Crippen LogP contribution < -0.4 is 10.1 Å². The number of carbonyl (C=O) groups excluding carboxylic acids is 2. The molecule has 0 bridgehead atoms. The van der Waals surface area contributed by atoms with Crippen LogP contribution in [-0.4, -0.2) is 30.1 Å². The molecule has 2 aromatic carbocycles. The van der Waals surface area contributed by atoms with Crippen LogP contribution in [0.4, 0.5) is 0 Å². The Bertz CT molecular complexity index is 1020. The number of esters is 1. The van der Waals surface area contributed by atoms with E-state index in [4.69, 9.17) is 9.47 Å². The lowest BCUT2D eigenvalue weighted by atomic mass is 9.94. The van der Waals surface area contributed by atoms with Crippen LogP contribution in [-0.2, 0) is 22.4 Å². The Morgan fingerprint density at radius 1 is 1.20 bits per heavy atom. The second-order valence-corrected chi connectivity index (χ2v) is 7.82. The van der Waals surface area contributed by atoms with Crippen LogP contribution >= 0.6 is 0 Å². The zero-order valence-corrected chi connectivity index (χ0v) is 17.7. The number of aryl methyl sites for hydroxylation is 1. The van der Waals surface area contributed by atoms with Crippen LogP contribution in [0.5, 0.6) is 5.75 Å². The van der Waals surface area contributed by atoms with Crippen molar-refractivity contribution in [1.82, 2.24) is 5.32 Å². The molecule has 1 amide bonds. The number of nitrogens with one attached hydrogen (secondary N) is 1. The van der Waals surface area contributed by atoms with Crippen molar-refractivity contribution >= 4 is 11.9 Å². The van der Waals surface area contributed by atoms with Gasteiger partial charge in [-0.25, -0.2) is 4.79 Å². The van der Waals surface area contributed by atoms with Crippen molar-refractivity contribution in [2.45, 2.75) is 52.2 Å². The molecule has 156 valence electrons. The predicted octanol–water partition coefficient (Wildman–Crippen LogP) is 3.48. The van der Waals surface area contributed by atoms with Gasteiger partial charge in [-0.2, -0.15) is 5.26 Å². The van der Waals surface area contributed by atoms with Crippen molar-refractivity contribution in [2.75, 3.05) is 6.61 Å². The number of hydrogen-bond donors (Lipinski definition) is 1. The molecular formula is C24H26N2O4. The minimum atomic E-state index is -1.22. The van der Waals surface area contributed by atoms with E-state index in [0.717, 1.165) is 16.7 Å². The molecule has 0 saturated carbocycles. The highest BCUT2D eigenvalue weighted by Gasteiger charge is 2.47. The first-order chi connectivity index (χ1) is 14.3. The Morgan fingerprint density at radius 3 is 2.60 bits per heavy atom. The van der Waals surface area contributed by atoms with Gasteiger partial charge in [0.05, 0.1) is 29.9 Å². The molecule has 30 heavy (non-hydrogen) atoms. The van der Waals surface area contributed by atoms with Crippen LogP contribution in [0.3, 0.4) is 0 Å². The van der Waals surface area contributed by atoms with Gasteiger partial charge in [-0.15, -0.1) is 0 Å². The summed E-state index contributed by atoms with van der Waals surface area (Å²) in [5, 5.41) is 12.1. The molecule has 6 nitrogen and oxygen atoms in total.